The summed E-state index contributed by atoms with van der Waals surface area (Å²) in [5, 5.41) is 5.79. The minimum Gasteiger partial charge on any atom is -0.354 e. The molecule has 0 radical (unpaired) electrons. The topological polar surface area (TPSA) is 84.2 Å². The van der Waals surface area contributed by atoms with Crippen LogP contribution in [0.5, 0.6) is 0 Å². The predicted octanol–water partition coefficient (Wildman–Crippen LogP) is 1.46. The molecule has 1 aliphatic carbocycles. The van der Waals surface area contributed by atoms with Crippen LogP contribution in [-0.2, 0) is 9.59 Å². The molecule has 0 spiro atoms. The van der Waals surface area contributed by atoms with Crippen molar-refractivity contribution in [2.24, 2.45) is 5.73 Å². The number of hydrogen-bond acceptors (Lipinski definition) is 3. The summed E-state index contributed by atoms with van der Waals surface area (Å²) in [4.78, 5) is 23.6. The molecule has 5 heteroatoms. The fourth-order valence-corrected chi connectivity index (χ4v) is 2.67. The first-order valence-electron chi connectivity index (χ1n) is 7.82. The largest absolute Gasteiger partial charge is 0.354 e. The second-order valence-corrected chi connectivity index (χ2v) is 6.08. The molecule has 1 saturated carbocycles. The highest BCUT2D eigenvalue weighted by Gasteiger charge is 2.26. The monoisotopic (exact) mass is 283 g/mol. The van der Waals surface area contributed by atoms with Crippen LogP contribution >= 0.6 is 0 Å². The number of hydrogen-bond donors (Lipinski definition) is 3. The van der Waals surface area contributed by atoms with Gasteiger partial charge in [0.05, 0.1) is 5.54 Å². The van der Waals surface area contributed by atoms with Gasteiger partial charge in [0.15, 0.2) is 0 Å². The Kier molecular flexibility index (Phi) is 6.99. The van der Waals surface area contributed by atoms with Crippen molar-refractivity contribution >= 4 is 11.8 Å². The first-order valence-corrected chi connectivity index (χ1v) is 7.82. The number of carbonyl (C=O) groups excluding carboxylic acids is 2. The zero-order valence-corrected chi connectivity index (χ0v) is 12.8. The molecule has 0 aliphatic heterocycles. The van der Waals surface area contributed by atoms with Crippen LogP contribution in [0.3, 0.4) is 0 Å². The molecule has 1 atom stereocenters. The zero-order chi connectivity index (χ0) is 15.0. The number of amides is 2. The van der Waals surface area contributed by atoms with Crippen LogP contribution in [0.15, 0.2) is 0 Å². The van der Waals surface area contributed by atoms with Gasteiger partial charge < -0.3 is 16.4 Å². The van der Waals surface area contributed by atoms with E-state index in [4.69, 9.17) is 5.73 Å². The number of nitrogens with two attached hydrogens (primary N) is 1. The lowest BCUT2D eigenvalue weighted by Gasteiger charge is -2.24. The number of nitrogens with one attached hydrogen (secondary N) is 2. The van der Waals surface area contributed by atoms with Gasteiger partial charge in [-0.05, 0) is 26.2 Å². The van der Waals surface area contributed by atoms with E-state index in [-0.39, 0.29) is 11.8 Å². The summed E-state index contributed by atoms with van der Waals surface area (Å²) in [6.07, 6.45) is 7.66. The van der Waals surface area contributed by atoms with E-state index in [1.165, 1.54) is 19.3 Å². The molecular formula is C15H29N3O2. The van der Waals surface area contributed by atoms with Crippen LogP contribution < -0.4 is 16.4 Å². The zero-order valence-electron chi connectivity index (χ0n) is 12.8. The molecule has 0 aromatic rings. The normalized spacial score (nSPS) is 19.1. The summed E-state index contributed by atoms with van der Waals surface area (Å²) in [6, 6.07) is 0.326. The molecule has 1 unspecified atom stereocenters. The summed E-state index contributed by atoms with van der Waals surface area (Å²) in [5.41, 5.74) is 5.09. The Labute approximate surface area is 122 Å². The summed E-state index contributed by atoms with van der Waals surface area (Å²) in [5.74, 6) is -0.156. The summed E-state index contributed by atoms with van der Waals surface area (Å²) in [6.45, 7) is 4.08. The van der Waals surface area contributed by atoms with Gasteiger partial charge in [0.1, 0.15) is 0 Å². The smallest absolute Gasteiger partial charge is 0.239 e. The maximum atomic E-state index is 11.9. The van der Waals surface area contributed by atoms with Crippen molar-refractivity contribution in [1.29, 1.82) is 0 Å². The van der Waals surface area contributed by atoms with Crippen LogP contribution in [0.4, 0.5) is 0 Å². The van der Waals surface area contributed by atoms with Crippen molar-refractivity contribution in [1.82, 2.24) is 10.6 Å². The maximum Gasteiger partial charge on any atom is 0.239 e. The van der Waals surface area contributed by atoms with Crippen molar-refractivity contribution in [3.63, 3.8) is 0 Å². The fourth-order valence-electron chi connectivity index (χ4n) is 2.67. The molecule has 116 valence electrons. The molecule has 1 rings (SSSR count). The van der Waals surface area contributed by atoms with Crippen LogP contribution in [0.25, 0.3) is 0 Å². The van der Waals surface area contributed by atoms with Crippen molar-refractivity contribution in [2.45, 2.75) is 76.8 Å². The van der Waals surface area contributed by atoms with Gasteiger partial charge in [0.25, 0.3) is 0 Å². The average Bonchev–Trinajstić information content (AvgIpc) is 2.39. The molecule has 2 amide bonds. The lowest BCUT2D eigenvalue weighted by molar-refractivity contribution is -0.126. The minimum absolute atomic E-state index is 0.0198. The van der Waals surface area contributed by atoms with E-state index >= 15 is 0 Å². The van der Waals surface area contributed by atoms with Gasteiger partial charge in [-0.25, -0.2) is 0 Å². The molecule has 1 aliphatic rings. The Hall–Kier alpha value is -1.10. The molecule has 4 N–H and O–H groups in total. The van der Waals surface area contributed by atoms with E-state index in [2.05, 4.69) is 10.6 Å². The third kappa shape index (κ3) is 5.90. The quantitative estimate of drug-likeness (QED) is 0.661. The van der Waals surface area contributed by atoms with Crippen LogP contribution in [0.1, 0.15) is 65.2 Å². The molecule has 0 aromatic carbocycles. The molecule has 5 nitrogen and oxygen atoms in total. The van der Waals surface area contributed by atoms with Gasteiger partial charge in [-0.2, -0.15) is 0 Å². The van der Waals surface area contributed by atoms with Gasteiger partial charge >= 0.3 is 0 Å². The lowest BCUT2D eigenvalue weighted by Crippen LogP contribution is -2.52. The minimum atomic E-state index is -0.839. The Balaban J connectivity index is 2.19. The number of carbonyl (C=O) groups is 2. The summed E-state index contributed by atoms with van der Waals surface area (Å²) >= 11 is 0. The van der Waals surface area contributed by atoms with Gasteiger partial charge in [-0.1, -0.05) is 32.6 Å². The summed E-state index contributed by atoms with van der Waals surface area (Å²) < 4.78 is 0. The van der Waals surface area contributed by atoms with Crippen molar-refractivity contribution in [2.75, 3.05) is 6.54 Å². The Morgan fingerprint density at radius 1 is 1.25 bits per heavy atom. The van der Waals surface area contributed by atoms with Gasteiger partial charge in [0, 0.05) is 19.0 Å². The van der Waals surface area contributed by atoms with Gasteiger partial charge in [0.2, 0.25) is 11.8 Å². The molecule has 0 aromatic heterocycles. The third-order valence-corrected chi connectivity index (χ3v) is 3.90. The average molecular weight is 283 g/mol. The van der Waals surface area contributed by atoms with E-state index in [1.54, 1.807) is 6.92 Å². The highest BCUT2D eigenvalue weighted by atomic mass is 16.2. The van der Waals surface area contributed by atoms with Crippen LogP contribution in [-0.4, -0.2) is 29.9 Å². The predicted molar refractivity (Wildman–Crippen MR) is 80.1 cm³/mol. The molecular weight excluding hydrogens is 254 g/mol. The standard InChI is InChI=1S/C15H29N3O2/c1-3-10-15(2,16)14(20)17-11-9-13(19)18-12-7-5-4-6-8-12/h12H,3-11,16H2,1-2H3,(H,17,20)(H,18,19). The van der Waals surface area contributed by atoms with Crippen LogP contribution in [0.2, 0.25) is 0 Å². The van der Waals surface area contributed by atoms with Crippen molar-refractivity contribution in [3.8, 4) is 0 Å². The van der Waals surface area contributed by atoms with Crippen LogP contribution in [0, 0.1) is 0 Å². The molecule has 20 heavy (non-hydrogen) atoms. The highest BCUT2D eigenvalue weighted by molar-refractivity contribution is 5.86. The first-order chi connectivity index (χ1) is 9.45. The van der Waals surface area contributed by atoms with E-state index in [0.717, 1.165) is 19.3 Å². The molecule has 0 saturated heterocycles. The maximum absolute atomic E-state index is 11.9. The van der Waals surface area contributed by atoms with E-state index in [0.29, 0.717) is 25.4 Å². The van der Waals surface area contributed by atoms with E-state index in [1.807, 2.05) is 6.92 Å². The Bertz CT molecular complexity index is 323. The van der Waals surface area contributed by atoms with Gasteiger partial charge in [-0.15, -0.1) is 0 Å². The fraction of sp³-hybridized carbons (Fsp3) is 0.867. The van der Waals surface area contributed by atoms with Gasteiger partial charge in [-0.3, -0.25) is 9.59 Å². The Morgan fingerprint density at radius 3 is 2.50 bits per heavy atom. The number of rotatable bonds is 7. The van der Waals surface area contributed by atoms with Crippen molar-refractivity contribution < 1.29 is 9.59 Å². The third-order valence-electron chi connectivity index (χ3n) is 3.90. The molecule has 1 fully saturated rings. The Morgan fingerprint density at radius 2 is 1.90 bits per heavy atom. The van der Waals surface area contributed by atoms with Crippen molar-refractivity contribution in [3.05, 3.63) is 0 Å². The summed E-state index contributed by atoms with van der Waals surface area (Å²) in [7, 11) is 0. The second kappa shape index (κ2) is 8.25. The lowest BCUT2D eigenvalue weighted by atomic mass is 9.95. The molecule has 0 heterocycles. The van der Waals surface area contributed by atoms with E-state index in [9.17, 15) is 9.59 Å². The first kappa shape index (κ1) is 17.0. The SMILES string of the molecule is CCCC(C)(N)C(=O)NCCC(=O)NC1CCCCC1. The highest BCUT2D eigenvalue weighted by Crippen LogP contribution is 2.17. The second-order valence-electron chi connectivity index (χ2n) is 6.08. The van der Waals surface area contributed by atoms with E-state index < -0.39 is 5.54 Å². The molecule has 0 bridgehead atoms.